The zero-order valence-electron chi connectivity index (χ0n) is 15.7. The number of nitrogens with zero attached hydrogens (tertiary/aromatic N) is 2. The molecule has 0 aromatic heterocycles. The van der Waals surface area contributed by atoms with Crippen LogP contribution in [-0.4, -0.2) is 50.1 Å². The number of guanidine groups is 1. The Balaban J connectivity index is 0.00000225. The van der Waals surface area contributed by atoms with Crippen molar-refractivity contribution in [2.75, 3.05) is 33.3 Å². The van der Waals surface area contributed by atoms with Gasteiger partial charge in [-0.25, -0.2) is 0 Å². The fourth-order valence-corrected chi connectivity index (χ4v) is 4.99. The van der Waals surface area contributed by atoms with Crippen molar-refractivity contribution in [1.29, 1.82) is 0 Å². The summed E-state index contributed by atoms with van der Waals surface area (Å²) in [6, 6.07) is 0. The monoisotopic (exact) mass is 463 g/mol. The minimum absolute atomic E-state index is 0. The number of likely N-dealkylation sites (tertiary alicyclic amines) is 1. The molecule has 3 fully saturated rings. The van der Waals surface area contributed by atoms with E-state index in [-0.39, 0.29) is 35.9 Å². The number of fused-ring (bicyclic) bond motifs is 2. The number of halogens is 1. The maximum absolute atomic E-state index is 11.7. The maximum atomic E-state index is 11.7. The van der Waals surface area contributed by atoms with E-state index in [1.54, 1.807) is 0 Å². The third kappa shape index (κ3) is 5.23. The number of nitrogens with one attached hydrogen (secondary N) is 1. The average molecular weight is 463 g/mol. The number of piperidine rings is 1. The summed E-state index contributed by atoms with van der Waals surface area (Å²) in [6.45, 7) is 5.73. The molecule has 0 amide bonds. The van der Waals surface area contributed by atoms with Gasteiger partial charge in [0.15, 0.2) is 5.96 Å². The molecule has 5 nitrogen and oxygen atoms in total. The maximum Gasteiger partial charge on any atom is 0.308 e. The molecule has 1 saturated heterocycles. The molecule has 25 heavy (non-hydrogen) atoms. The molecule has 6 heteroatoms. The molecule has 0 aromatic carbocycles. The van der Waals surface area contributed by atoms with Gasteiger partial charge in [0.1, 0.15) is 0 Å². The molecule has 0 spiro atoms. The van der Waals surface area contributed by atoms with Gasteiger partial charge in [-0.05, 0) is 63.2 Å². The van der Waals surface area contributed by atoms with E-state index >= 15 is 0 Å². The van der Waals surface area contributed by atoms with E-state index in [9.17, 15) is 4.79 Å². The minimum Gasteiger partial charge on any atom is -0.469 e. The molecular formula is C19H34IN3O2. The Hall–Kier alpha value is -0.530. The van der Waals surface area contributed by atoms with E-state index < -0.39 is 0 Å². The van der Waals surface area contributed by atoms with Crippen LogP contribution in [0.1, 0.15) is 51.9 Å². The molecule has 2 aliphatic carbocycles. The van der Waals surface area contributed by atoms with E-state index in [0.717, 1.165) is 62.7 Å². The highest BCUT2D eigenvalue weighted by molar-refractivity contribution is 14.0. The fraction of sp³-hybridized carbons (Fsp3) is 0.895. The van der Waals surface area contributed by atoms with Crippen molar-refractivity contribution in [2.24, 2.45) is 28.7 Å². The van der Waals surface area contributed by atoms with E-state index in [4.69, 9.17) is 9.73 Å². The molecule has 0 aromatic rings. The number of rotatable bonds is 5. The Bertz CT molecular complexity index is 464. The Morgan fingerprint density at radius 2 is 1.96 bits per heavy atom. The second kappa shape index (κ2) is 9.97. The summed E-state index contributed by atoms with van der Waals surface area (Å²) in [5.74, 6) is 3.96. The van der Waals surface area contributed by atoms with E-state index in [1.807, 2.05) is 0 Å². The third-order valence-electron chi connectivity index (χ3n) is 6.31. The number of aliphatic imine (C=N–C) groups is 1. The van der Waals surface area contributed by atoms with Gasteiger partial charge in [-0.3, -0.25) is 9.79 Å². The lowest BCUT2D eigenvalue weighted by Crippen LogP contribution is -2.46. The largest absolute Gasteiger partial charge is 0.469 e. The van der Waals surface area contributed by atoms with Crippen LogP contribution >= 0.6 is 24.0 Å². The highest BCUT2D eigenvalue weighted by Crippen LogP contribution is 2.49. The van der Waals surface area contributed by atoms with Crippen molar-refractivity contribution in [1.82, 2.24) is 10.2 Å². The molecule has 1 aliphatic heterocycles. The zero-order valence-corrected chi connectivity index (χ0v) is 18.0. The number of hydrogen-bond acceptors (Lipinski definition) is 3. The molecular weight excluding hydrogens is 429 g/mol. The van der Waals surface area contributed by atoms with Crippen LogP contribution in [0.3, 0.4) is 0 Å². The van der Waals surface area contributed by atoms with Crippen molar-refractivity contribution >= 4 is 35.9 Å². The molecule has 2 saturated carbocycles. The summed E-state index contributed by atoms with van der Waals surface area (Å²) in [7, 11) is 1.48. The summed E-state index contributed by atoms with van der Waals surface area (Å²) in [5.41, 5.74) is 0. The number of ether oxygens (including phenoxy) is 1. The summed E-state index contributed by atoms with van der Waals surface area (Å²) < 4.78 is 4.88. The predicted octanol–water partition coefficient (Wildman–Crippen LogP) is 3.28. The smallest absolute Gasteiger partial charge is 0.308 e. The van der Waals surface area contributed by atoms with Gasteiger partial charge in [-0.15, -0.1) is 24.0 Å². The first kappa shape index (κ1) is 20.8. The van der Waals surface area contributed by atoms with Crippen LogP contribution in [0, 0.1) is 23.7 Å². The first-order chi connectivity index (χ1) is 11.7. The normalized spacial score (nSPS) is 29.4. The van der Waals surface area contributed by atoms with Crippen LogP contribution in [-0.2, 0) is 9.53 Å². The molecule has 0 radical (unpaired) electrons. The topological polar surface area (TPSA) is 53.9 Å². The summed E-state index contributed by atoms with van der Waals surface area (Å²) in [5, 5.41) is 3.43. The molecule has 3 atom stereocenters. The van der Waals surface area contributed by atoms with E-state index in [1.165, 1.54) is 39.2 Å². The number of hydrogen-bond donors (Lipinski definition) is 1. The van der Waals surface area contributed by atoms with Gasteiger partial charge >= 0.3 is 5.97 Å². The van der Waals surface area contributed by atoms with Crippen LogP contribution in [0.25, 0.3) is 0 Å². The predicted molar refractivity (Wildman–Crippen MR) is 111 cm³/mol. The van der Waals surface area contributed by atoms with Crippen LogP contribution in [0.15, 0.2) is 4.99 Å². The Morgan fingerprint density at radius 1 is 1.20 bits per heavy atom. The van der Waals surface area contributed by atoms with Crippen molar-refractivity contribution in [3.8, 4) is 0 Å². The number of methoxy groups -OCH3 is 1. The summed E-state index contributed by atoms with van der Waals surface area (Å²) in [4.78, 5) is 18.9. The summed E-state index contributed by atoms with van der Waals surface area (Å²) in [6.07, 6.45) is 8.83. The number of carbonyl (C=O) groups is 1. The van der Waals surface area contributed by atoms with Gasteiger partial charge in [0.05, 0.1) is 13.0 Å². The van der Waals surface area contributed by atoms with Crippen molar-refractivity contribution in [3.63, 3.8) is 0 Å². The molecule has 3 unspecified atom stereocenters. The number of esters is 1. The molecule has 3 aliphatic rings. The highest BCUT2D eigenvalue weighted by atomic mass is 127. The van der Waals surface area contributed by atoms with Crippen molar-refractivity contribution in [2.45, 2.75) is 51.9 Å². The SMILES string of the molecule is CCNC(=NCCC1CC2CCC1C2)N1CCC(C(=O)OC)CC1.I. The first-order valence-corrected chi connectivity index (χ1v) is 9.82. The lowest BCUT2D eigenvalue weighted by atomic mass is 9.86. The first-order valence-electron chi connectivity index (χ1n) is 9.82. The minimum atomic E-state index is -0.0622. The van der Waals surface area contributed by atoms with Crippen molar-refractivity contribution in [3.05, 3.63) is 0 Å². The van der Waals surface area contributed by atoms with Gasteiger partial charge in [0.25, 0.3) is 0 Å². The van der Waals surface area contributed by atoms with Gasteiger partial charge in [-0.2, -0.15) is 0 Å². The second-order valence-electron chi connectivity index (χ2n) is 7.74. The van der Waals surface area contributed by atoms with Crippen molar-refractivity contribution < 1.29 is 9.53 Å². The number of carbonyl (C=O) groups excluding carboxylic acids is 1. The molecule has 2 bridgehead atoms. The lowest BCUT2D eigenvalue weighted by Gasteiger charge is -2.33. The standard InChI is InChI=1S/C19H33N3O2.HI/c1-3-20-19(22-10-7-15(8-11-22)18(23)24-2)21-9-6-17-13-14-4-5-16(17)12-14;/h14-17H,3-13H2,1-2H3,(H,20,21);1H. The Morgan fingerprint density at radius 3 is 2.52 bits per heavy atom. The van der Waals surface area contributed by atoms with Crippen LogP contribution < -0.4 is 5.32 Å². The second-order valence-corrected chi connectivity index (χ2v) is 7.74. The van der Waals surface area contributed by atoms with E-state index in [2.05, 4.69) is 17.1 Å². The summed E-state index contributed by atoms with van der Waals surface area (Å²) >= 11 is 0. The van der Waals surface area contributed by atoms with Gasteiger partial charge in [-0.1, -0.05) is 6.42 Å². The van der Waals surface area contributed by atoms with Gasteiger partial charge < -0.3 is 15.0 Å². The quantitative estimate of drug-likeness (QED) is 0.294. The Kier molecular flexibility index (Phi) is 8.29. The molecule has 1 N–H and O–H groups in total. The molecule has 3 rings (SSSR count). The Labute approximate surface area is 169 Å². The molecule has 144 valence electrons. The lowest BCUT2D eigenvalue weighted by molar-refractivity contribution is -0.146. The third-order valence-corrected chi connectivity index (χ3v) is 6.31. The zero-order chi connectivity index (χ0) is 16.9. The fourth-order valence-electron chi connectivity index (χ4n) is 4.99. The molecule has 1 heterocycles. The van der Waals surface area contributed by atoms with Crippen LogP contribution in [0.5, 0.6) is 0 Å². The van der Waals surface area contributed by atoms with Gasteiger partial charge in [0.2, 0.25) is 0 Å². The van der Waals surface area contributed by atoms with E-state index in [0.29, 0.717) is 0 Å². The van der Waals surface area contributed by atoms with Crippen LogP contribution in [0.4, 0.5) is 0 Å². The highest BCUT2D eigenvalue weighted by Gasteiger charge is 2.38. The average Bonchev–Trinajstić information content (AvgIpc) is 3.23. The van der Waals surface area contributed by atoms with Gasteiger partial charge in [0, 0.05) is 26.2 Å². The van der Waals surface area contributed by atoms with Crippen LogP contribution in [0.2, 0.25) is 0 Å².